The number of hydrogen-bond donors (Lipinski definition) is 0. The Bertz CT molecular complexity index is 490. The van der Waals surface area contributed by atoms with Gasteiger partial charge in [0.05, 0.1) is 6.61 Å². The summed E-state index contributed by atoms with van der Waals surface area (Å²) in [5, 5.41) is 0. The minimum atomic E-state index is -0.702. The molecule has 1 aromatic carbocycles. The maximum absolute atomic E-state index is 11.2. The van der Waals surface area contributed by atoms with Crippen LogP contribution in [0.25, 0.3) is 0 Å². The largest absolute Gasteiger partial charge is 0.493 e. The van der Waals surface area contributed by atoms with Crippen molar-refractivity contribution in [2.75, 3.05) is 6.61 Å². The normalized spacial score (nSPS) is 11.9. The third-order valence-corrected chi connectivity index (χ3v) is 4.51. The van der Waals surface area contributed by atoms with Crippen LogP contribution in [0.2, 0.25) is 0 Å². The van der Waals surface area contributed by atoms with Gasteiger partial charge in [0.15, 0.2) is 6.10 Å². The molecular formula is C22H36NO3. The van der Waals surface area contributed by atoms with Crippen molar-refractivity contribution in [1.82, 2.24) is 5.73 Å². The lowest BCUT2D eigenvalue weighted by Gasteiger charge is -2.14. The molecule has 1 unspecified atom stereocenters. The Morgan fingerprint density at radius 1 is 0.923 bits per heavy atom. The summed E-state index contributed by atoms with van der Waals surface area (Å²) in [7, 11) is 0. The van der Waals surface area contributed by atoms with Crippen LogP contribution in [0.5, 0.6) is 11.5 Å². The van der Waals surface area contributed by atoms with Gasteiger partial charge in [0.25, 0.3) is 5.91 Å². The van der Waals surface area contributed by atoms with E-state index in [4.69, 9.17) is 15.2 Å². The average Bonchev–Trinajstić information content (AvgIpc) is 2.64. The van der Waals surface area contributed by atoms with E-state index in [1.165, 1.54) is 57.8 Å². The van der Waals surface area contributed by atoms with Crippen LogP contribution >= 0.6 is 0 Å². The summed E-state index contributed by atoms with van der Waals surface area (Å²) >= 11 is 0. The summed E-state index contributed by atoms with van der Waals surface area (Å²) in [4.78, 5) is 11.2. The summed E-state index contributed by atoms with van der Waals surface area (Å²) in [5.41, 5.74) is 7.19. The fraction of sp³-hybridized carbons (Fsp3) is 0.682. The van der Waals surface area contributed by atoms with Gasteiger partial charge >= 0.3 is 0 Å². The number of carbonyl (C=O) groups is 1. The molecule has 1 radical (unpaired) electrons. The minimum absolute atomic E-state index is 0.492. The summed E-state index contributed by atoms with van der Waals surface area (Å²) in [6, 6.07) is 7.33. The highest BCUT2D eigenvalue weighted by Crippen LogP contribution is 2.21. The number of nitrogens with one attached hydrogen (secondary N) is 1. The second kappa shape index (κ2) is 14.5. The van der Waals surface area contributed by atoms with Crippen LogP contribution in [0.15, 0.2) is 24.3 Å². The van der Waals surface area contributed by atoms with Crippen molar-refractivity contribution in [3.63, 3.8) is 0 Å². The van der Waals surface area contributed by atoms with E-state index in [1.807, 2.05) is 19.1 Å². The Balaban J connectivity index is 2.12. The fourth-order valence-electron chi connectivity index (χ4n) is 2.90. The van der Waals surface area contributed by atoms with Crippen molar-refractivity contribution in [3.8, 4) is 11.5 Å². The van der Waals surface area contributed by atoms with Crippen molar-refractivity contribution < 1.29 is 14.3 Å². The predicted octanol–water partition coefficient (Wildman–Crippen LogP) is 5.95. The lowest BCUT2D eigenvalue weighted by atomic mass is 10.1. The summed E-state index contributed by atoms with van der Waals surface area (Å²) in [6.45, 7) is 4.79. The van der Waals surface area contributed by atoms with Crippen LogP contribution in [-0.2, 0) is 4.79 Å². The molecule has 0 heterocycles. The molecule has 1 aromatic rings. The molecule has 0 aliphatic heterocycles. The highest BCUT2D eigenvalue weighted by Gasteiger charge is 2.15. The minimum Gasteiger partial charge on any atom is -0.493 e. The Morgan fingerprint density at radius 3 is 2.08 bits per heavy atom. The summed E-state index contributed by atoms with van der Waals surface area (Å²) < 4.78 is 11.3. The molecule has 0 bridgehead atoms. The molecule has 0 spiro atoms. The van der Waals surface area contributed by atoms with E-state index >= 15 is 0 Å². The first-order chi connectivity index (χ1) is 12.7. The highest BCUT2D eigenvalue weighted by atomic mass is 16.5. The molecule has 4 nitrogen and oxygen atoms in total. The second-order valence-electron chi connectivity index (χ2n) is 6.88. The first-order valence-corrected chi connectivity index (χ1v) is 10.3. The first kappa shape index (κ1) is 22.3. The fourth-order valence-corrected chi connectivity index (χ4v) is 2.90. The monoisotopic (exact) mass is 362 g/mol. The summed E-state index contributed by atoms with van der Waals surface area (Å²) in [5.74, 6) is 0.646. The van der Waals surface area contributed by atoms with Gasteiger partial charge in [-0.25, -0.2) is 0 Å². The molecule has 1 atom stereocenters. The molecule has 1 amide bonds. The van der Waals surface area contributed by atoms with E-state index in [-0.39, 0.29) is 0 Å². The molecule has 26 heavy (non-hydrogen) atoms. The third-order valence-electron chi connectivity index (χ3n) is 4.51. The lowest BCUT2D eigenvalue weighted by Crippen LogP contribution is -2.27. The van der Waals surface area contributed by atoms with Gasteiger partial charge in [-0.05, 0) is 25.0 Å². The van der Waals surface area contributed by atoms with Gasteiger partial charge in [0.1, 0.15) is 11.5 Å². The van der Waals surface area contributed by atoms with Gasteiger partial charge in [0, 0.05) is 6.07 Å². The number of carbonyl (C=O) groups excluding carboxylic acids is 1. The number of unbranched alkanes of at least 4 members (excludes halogenated alkanes) is 9. The molecule has 0 fully saturated rings. The van der Waals surface area contributed by atoms with Crippen LogP contribution in [0.4, 0.5) is 0 Å². The van der Waals surface area contributed by atoms with Crippen molar-refractivity contribution in [1.29, 1.82) is 0 Å². The predicted molar refractivity (Wildman–Crippen MR) is 107 cm³/mol. The van der Waals surface area contributed by atoms with Gasteiger partial charge in [-0.15, -0.1) is 0 Å². The van der Waals surface area contributed by atoms with Crippen LogP contribution in [0.1, 0.15) is 84.5 Å². The Hall–Kier alpha value is -1.71. The molecule has 0 saturated heterocycles. The lowest BCUT2D eigenvalue weighted by molar-refractivity contribution is -0.125. The molecule has 1 rings (SSSR count). The van der Waals surface area contributed by atoms with Crippen LogP contribution < -0.4 is 15.2 Å². The van der Waals surface area contributed by atoms with Crippen molar-refractivity contribution in [2.45, 2.75) is 90.6 Å². The quantitative estimate of drug-likeness (QED) is 0.341. The van der Waals surface area contributed by atoms with Gasteiger partial charge in [0.2, 0.25) is 0 Å². The molecule has 4 heteroatoms. The van der Waals surface area contributed by atoms with E-state index in [9.17, 15) is 4.79 Å². The number of amides is 1. The van der Waals surface area contributed by atoms with Gasteiger partial charge in [-0.3, -0.25) is 10.5 Å². The topological polar surface area (TPSA) is 59.3 Å². The maximum Gasteiger partial charge on any atom is 0.279 e. The smallest absolute Gasteiger partial charge is 0.279 e. The van der Waals surface area contributed by atoms with Gasteiger partial charge in [-0.2, -0.15) is 0 Å². The zero-order valence-electron chi connectivity index (χ0n) is 16.6. The summed E-state index contributed by atoms with van der Waals surface area (Å²) in [6.07, 6.45) is 12.9. The van der Waals surface area contributed by atoms with E-state index in [1.54, 1.807) is 12.1 Å². The molecule has 0 aliphatic rings. The SMILES string of the molecule is CCCCCCCCCCCCOc1cccc(OC(CC)C([NH])=O)c1. The number of hydrogen-bond acceptors (Lipinski definition) is 3. The van der Waals surface area contributed by atoms with Crippen LogP contribution in [-0.4, -0.2) is 18.6 Å². The Kier molecular flexibility index (Phi) is 12.4. The zero-order valence-corrected chi connectivity index (χ0v) is 16.6. The zero-order chi connectivity index (χ0) is 19.0. The first-order valence-electron chi connectivity index (χ1n) is 10.3. The van der Waals surface area contributed by atoms with E-state index in [2.05, 4.69) is 6.92 Å². The Labute approximate surface area is 159 Å². The van der Waals surface area contributed by atoms with Crippen molar-refractivity contribution >= 4 is 5.91 Å². The van der Waals surface area contributed by atoms with Crippen molar-refractivity contribution in [2.24, 2.45) is 0 Å². The van der Waals surface area contributed by atoms with Gasteiger partial charge in [-0.1, -0.05) is 77.7 Å². The van der Waals surface area contributed by atoms with Gasteiger partial charge < -0.3 is 9.47 Å². The molecule has 0 aliphatic carbocycles. The number of benzene rings is 1. The molecular weight excluding hydrogens is 326 g/mol. The highest BCUT2D eigenvalue weighted by molar-refractivity contribution is 5.78. The Morgan fingerprint density at radius 2 is 1.50 bits per heavy atom. The molecule has 0 aromatic heterocycles. The van der Waals surface area contributed by atoms with Crippen molar-refractivity contribution in [3.05, 3.63) is 24.3 Å². The molecule has 0 saturated carbocycles. The number of ether oxygens (including phenoxy) is 2. The van der Waals surface area contributed by atoms with Crippen LogP contribution in [0, 0.1) is 0 Å². The van der Waals surface area contributed by atoms with E-state index in [0.717, 1.165) is 12.2 Å². The van der Waals surface area contributed by atoms with Crippen LogP contribution in [0.3, 0.4) is 0 Å². The number of rotatable bonds is 16. The molecule has 147 valence electrons. The third kappa shape index (κ3) is 10.3. The average molecular weight is 363 g/mol. The van der Waals surface area contributed by atoms with E-state index in [0.29, 0.717) is 18.8 Å². The molecule has 1 N–H and O–H groups in total. The maximum atomic E-state index is 11.2. The second-order valence-corrected chi connectivity index (χ2v) is 6.88. The standard InChI is InChI=1S/C22H36NO3/c1-3-5-6-7-8-9-10-11-12-13-17-25-19-15-14-16-20(18-19)26-21(4-2)22(23)24/h14-16,18,21,23H,3-13,17H2,1-2H3. The van der Waals surface area contributed by atoms with E-state index < -0.39 is 12.0 Å².